The number of aromatic hydroxyl groups is 1. The highest BCUT2D eigenvalue weighted by Crippen LogP contribution is 2.57. The molecule has 1 aromatic rings. The second-order valence-electron chi connectivity index (χ2n) is 6.21. The summed E-state index contributed by atoms with van der Waals surface area (Å²) in [4.78, 5) is 12.1. The number of fused-ring (bicyclic) bond motifs is 3. The topological polar surface area (TPSA) is 66.8 Å². The predicted octanol–water partition coefficient (Wildman–Crippen LogP) is 1.88. The highest BCUT2D eigenvalue weighted by Gasteiger charge is 2.59. The van der Waals surface area contributed by atoms with E-state index in [4.69, 9.17) is 4.74 Å². The average molecular weight is 260 g/mol. The van der Waals surface area contributed by atoms with Crippen LogP contribution in [0.3, 0.4) is 0 Å². The van der Waals surface area contributed by atoms with Crippen LogP contribution < -0.4 is 0 Å². The van der Waals surface area contributed by atoms with Gasteiger partial charge in [0.1, 0.15) is 11.9 Å². The third kappa shape index (κ3) is 1.35. The van der Waals surface area contributed by atoms with E-state index in [1.54, 1.807) is 6.07 Å². The molecular formula is C15H16O4. The fourth-order valence-electron chi connectivity index (χ4n) is 4.15. The number of esters is 1. The van der Waals surface area contributed by atoms with Gasteiger partial charge in [0.25, 0.3) is 0 Å². The van der Waals surface area contributed by atoms with E-state index in [0.29, 0.717) is 12.0 Å². The standard InChI is InChI=1S/C15H16O4/c16-9-1-2-11-10(7-9)13(17)19-12-8-14(18)3-5-15(11,12)6-4-14/h1-2,7,12,16,18H,3-6,8H2/t12-,14?,15?/m0/s1. The SMILES string of the molecule is O=C1O[C@H]2CC3(O)CCC2(CC3)c2ccc(O)cc21. The first-order valence-electron chi connectivity index (χ1n) is 6.79. The molecule has 0 radical (unpaired) electrons. The van der Waals surface area contributed by atoms with Crippen molar-refractivity contribution in [3.05, 3.63) is 29.3 Å². The summed E-state index contributed by atoms with van der Waals surface area (Å²) in [5.74, 6) is -0.286. The van der Waals surface area contributed by atoms with Gasteiger partial charge in [-0.15, -0.1) is 0 Å². The maximum atomic E-state index is 12.1. The second-order valence-corrected chi connectivity index (χ2v) is 6.21. The monoisotopic (exact) mass is 260 g/mol. The van der Waals surface area contributed by atoms with Gasteiger partial charge in [-0.05, 0) is 43.4 Å². The smallest absolute Gasteiger partial charge is 0.338 e. The molecule has 4 aliphatic rings. The van der Waals surface area contributed by atoms with Crippen LogP contribution >= 0.6 is 0 Å². The van der Waals surface area contributed by atoms with Crippen molar-refractivity contribution in [1.29, 1.82) is 0 Å². The number of carbonyl (C=O) groups is 1. The molecule has 4 heteroatoms. The van der Waals surface area contributed by atoms with Gasteiger partial charge in [-0.3, -0.25) is 0 Å². The van der Waals surface area contributed by atoms with Gasteiger partial charge in [-0.25, -0.2) is 4.79 Å². The van der Waals surface area contributed by atoms with E-state index in [-0.39, 0.29) is 23.2 Å². The third-order valence-electron chi connectivity index (χ3n) is 5.26. The number of carbonyl (C=O) groups excluding carboxylic acids is 1. The molecule has 3 fully saturated rings. The Kier molecular flexibility index (Phi) is 1.97. The number of ether oxygens (including phenoxy) is 1. The molecule has 19 heavy (non-hydrogen) atoms. The van der Waals surface area contributed by atoms with E-state index in [1.807, 2.05) is 6.07 Å². The minimum absolute atomic E-state index is 0.0914. The first-order valence-corrected chi connectivity index (χ1v) is 6.79. The van der Waals surface area contributed by atoms with Crippen LogP contribution in [0.15, 0.2) is 18.2 Å². The minimum Gasteiger partial charge on any atom is -0.508 e. The fourth-order valence-corrected chi connectivity index (χ4v) is 4.15. The molecule has 1 spiro atoms. The van der Waals surface area contributed by atoms with Crippen molar-refractivity contribution in [2.45, 2.75) is 49.2 Å². The Hall–Kier alpha value is -1.55. The Morgan fingerprint density at radius 2 is 1.95 bits per heavy atom. The Bertz CT molecular complexity index is 570. The molecule has 100 valence electrons. The van der Waals surface area contributed by atoms with Crippen LogP contribution in [0.25, 0.3) is 0 Å². The summed E-state index contributed by atoms with van der Waals surface area (Å²) < 4.78 is 5.55. The van der Waals surface area contributed by atoms with Crippen molar-refractivity contribution < 1.29 is 19.7 Å². The van der Waals surface area contributed by atoms with Crippen LogP contribution in [-0.2, 0) is 10.2 Å². The quantitative estimate of drug-likeness (QED) is 0.699. The van der Waals surface area contributed by atoms with E-state index in [0.717, 1.165) is 31.2 Å². The lowest BCUT2D eigenvalue weighted by atomic mass is 9.53. The van der Waals surface area contributed by atoms with Crippen LogP contribution in [0.4, 0.5) is 0 Å². The molecule has 1 aliphatic heterocycles. The molecule has 2 bridgehead atoms. The number of phenols is 1. The predicted molar refractivity (Wildman–Crippen MR) is 67.0 cm³/mol. The van der Waals surface area contributed by atoms with E-state index in [1.165, 1.54) is 6.07 Å². The normalized spacial score (nSPS) is 39.4. The molecule has 0 unspecified atom stereocenters. The number of rotatable bonds is 0. The summed E-state index contributed by atoms with van der Waals surface area (Å²) in [6.45, 7) is 0. The van der Waals surface area contributed by atoms with E-state index in [2.05, 4.69) is 0 Å². The summed E-state index contributed by atoms with van der Waals surface area (Å²) in [5.41, 5.74) is 0.680. The summed E-state index contributed by atoms with van der Waals surface area (Å²) in [6.07, 6.45) is 3.55. The zero-order chi connectivity index (χ0) is 13.3. The van der Waals surface area contributed by atoms with E-state index >= 15 is 0 Å². The van der Waals surface area contributed by atoms with Crippen LogP contribution in [0.5, 0.6) is 5.75 Å². The van der Waals surface area contributed by atoms with Crippen molar-refractivity contribution in [1.82, 2.24) is 0 Å². The van der Waals surface area contributed by atoms with Crippen molar-refractivity contribution in [2.75, 3.05) is 0 Å². The lowest BCUT2D eigenvalue weighted by molar-refractivity contribution is -0.137. The zero-order valence-electron chi connectivity index (χ0n) is 10.6. The lowest BCUT2D eigenvalue weighted by Gasteiger charge is -2.57. The Labute approximate surface area is 111 Å². The number of benzene rings is 1. The fraction of sp³-hybridized carbons (Fsp3) is 0.533. The van der Waals surface area contributed by atoms with Gasteiger partial charge in [0.15, 0.2) is 0 Å². The van der Waals surface area contributed by atoms with Gasteiger partial charge < -0.3 is 14.9 Å². The molecule has 1 heterocycles. The van der Waals surface area contributed by atoms with Crippen molar-refractivity contribution in [2.24, 2.45) is 0 Å². The number of aliphatic hydroxyl groups is 1. The lowest BCUT2D eigenvalue weighted by Crippen LogP contribution is -2.60. The van der Waals surface area contributed by atoms with E-state index < -0.39 is 5.60 Å². The summed E-state index contributed by atoms with van der Waals surface area (Å²) >= 11 is 0. The van der Waals surface area contributed by atoms with Crippen molar-refractivity contribution in [3.63, 3.8) is 0 Å². The van der Waals surface area contributed by atoms with Crippen LogP contribution in [0.1, 0.15) is 48.0 Å². The number of hydrogen-bond acceptors (Lipinski definition) is 4. The van der Waals surface area contributed by atoms with Gasteiger partial charge in [-0.1, -0.05) is 6.07 Å². The summed E-state index contributed by atoms with van der Waals surface area (Å²) in [7, 11) is 0. The largest absolute Gasteiger partial charge is 0.508 e. The molecule has 3 saturated carbocycles. The van der Waals surface area contributed by atoms with E-state index in [9.17, 15) is 15.0 Å². The van der Waals surface area contributed by atoms with Crippen molar-refractivity contribution >= 4 is 5.97 Å². The maximum absolute atomic E-state index is 12.1. The highest BCUT2D eigenvalue weighted by molar-refractivity contribution is 5.93. The highest BCUT2D eigenvalue weighted by atomic mass is 16.5. The van der Waals surface area contributed by atoms with Gasteiger partial charge in [-0.2, -0.15) is 0 Å². The number of phenolic OH excluding ortho intramolecular Hbond substituents is 1. The summed E-state index contributed by atoms with van der Waals surface area (Å²) in [6, 6.07) is 4.99. The summed E-state index contributed by atoms with van der Waals surface area (Å²) in [5, 5.41) is 20.0. The van der Waals surface area contributed by atoms with Gasteiger partial charge in [0, 0.05) is 11.8 Å². The first kappa shape index (κ1) is 11.3. The molecule has 1 aromatic carbocycles. The number of hydrogen-bond donors (Lipinski definition) is 2. The molecule has 0 aromatic heterocycles. The van der Waals surface area contributed by atoms with Gasteiger partial charge in [0.05, 0.1) is 11.2 Å². The zero-order valence-corrected chi connectivity index (χ0v) is 10.6. The Morgan fingerprint density at radius 1 is 1.21 bits per heavy atom. The molecular weight excluding hydrogens is 244 g/mol. The minimum atomic E-state index is -0.652. The first-order chi connectivity index (χ1) is 9.02. The van der Waals surface area contributed by atoms with Crippen molar-refractivity contribution in [3.8, 4) is 5.75 Å². The second kappa shape index (κ2) is 3.31. The average Bonchev–Trinajstić information content (AvgIpc) is 2.38. The Morgan fingerprint density at radius 3 is 2.68 bits per heavy atom. The molecule has 0 saturated heterocycles. The molecule has 4 nitrogen and oxygen atoms in total. The van der Waals surface area contributed by atoms with Crippen LogP contribution in [0.2, 0.25) is 0 Å². The van der Waals surface area contributed by atoms with Crippen LogP contribution in [-0.4, -0.2) is 27.9 Å². The Balaban J connectivity index is 1.90. The molecule has 5 rings (SSSR count). The third-order valence-corrected chi connectivity index (χ3v) is 5.26. The molecule has 3 aliphatic carbocycles. The van der Waals surface area contributed by atoms with Gasteiger partial charge >= 0.3 is 5.97 Å². The van der Waals surface area contributed by atoms with Crippen LogP contribution in [0, 0.1) is 0 Å². The maximum Gasteiger partial charge on any atom is 0.338 e. The molecule has 0 amide bonds. The molecule has 1 atom stereocenters. The van der Waals surface area contributed by atoms with Gasteiger partial charge in [0.2, 0.25) is 0 Å². The molecule has 2 N–H and O–H groups in total.